The molecule has 196 valence electrons. The van der Waals surface area contributed by atoms with E-state index >= 15 is 0 Å². The number of carbonyl (C=O) groups is 2. The van der Waals surface area contributed by atoms with Gasteiger partial charge in [-0.15, -0.1) is 0 Å². The molecule has 0 aromatic heterocycles. The molecule has 0 aliphatic rings. The van der Waals surface area contributed by atoms with Crippen LogP contribution in [0.25, 0.3) is 0 Å². The average molecular weight is 542 g/mol. The summed E-state index contributed by atoms with van der Waals surface area (Å²) in [5.41, 5.74) is 0.464. The molecule has 0 aliphatic carbocycles. The average Bonchev–Trinajstić information content (AvgIpc) is 2.86. The molecule has 1 atom stereocenters. The summed E-state index contributed by atoms with van der Waals surface area (Å²) in [4.78, 5) is 28.3. The lowest BCUT2D eigenvalue weighted by atomic mass is 10.1. The van der Waals surface area contributed by atoms with E-state index in [2.05, 4.69) is 5.32 Å². The van der Waals surface area contributed by atoms with Gasteiger partial charge in [-0.05, 0) is 63.6 Å². The van der Waals surface area contributed by atoms with Gasteiger partial charge in [0.15, 0.2) is 0 Å². The Bertz CT molecular complexity index is 1330. The quantitative estimate of drug-likeness (QED) is 0.419. The second kappa shape index (κ2) is 11.8. The molecule has 0 spiro atoms. The first-order chi connectivity index (χ1) is 17.4. The second-order valence-electron chi connectivity index (χ2n) is 9.69. The maximum atomic E-state index is 13.8. The van der Waals surface area contributed by atoms with E-state index in [9.17, 15) is 18.0 Å². The lowest BCUT2D eigenvalue weighted by molar-refractivity contribution is -0.140. The van der Waals surface area contributed by atoms with E-state index in [1.54, 1.807) is 79.7 Å². The normalized spacial score (nSPS) is 12.5. The van der Waals surface area contributed by atoms with Crippen molar-refractivity contribution in [3.8, 4) is 0 Å². The maximum Gasteiger partial charge on any atom is 0.264 e. The Balaban J connectivity index is 2.01. The third-order valence-electron chi connectivity index (χ3n) is 5.62. The minimum Gasteiger partial charge on any atom is -0.350 e. The zero-order valence-corrected chi connectivity index (χ0v) is 23.0. The van der Waals surface area contributed by atoms with Gasteiger partial charge in [-0.1, -0.05) is 66.2 Å². The zero-order valence-electron chi connectivity index (χ0n) is 21.4. The van der Waals surface area contributed by atoms with E-state index in [0.717, 1.165) is 4.31 Å². The van der Waals surface area contributed by atoms with Crippen LogP contribution in [0.4, 0.5) is 5.69 Å². The minimum atomic E-state index is -4.08. The molecular formula is C28H32ClN3O4S. The van der Waals surface area contributed by atoms with Crippen molar-refractivity contribution in [1.82, 2.24) is 10.2 Å². The first-order valence-corrected chi connectivity index (χ1v) is 13.7. The highest BCUT2D eigenvalue weighted by atomic mass is 35.5. The van der Waals surface area contributed by atoms with Gasteiger partial charge < -0.3 is 10.2 Å². The third kappa shape index (κ3) is 7.33. The van der Waals surface area contributed by atoms with Crippen LogP contribution in [0.15, 0.2) is 89.8 Å². The summed E-state index contributed by atoms with van der Waals surface area (Å²) in [5, 5.41) is 3.34. The van der Waals surface area contributed by atoms with Gasteiger partial charge in [-0.3, -0.25) is 13.9 Å². The third-order valence-corrected chi connectivity index (χ3v) is 7.78. The Labute approximate surface area is 224 Å². The highest BCUT2D eigenvalue weighted by Gasteiger charge is 2.33. The lowest BCUT2D eigenvalue weighted by Gasteiger charge is -2.33. The van der Waals surface area contributed by atoms with Crippen molar-refractivity contribution in [1.29, 1.82) is 0 Å². The van der Waals surface area contributed by atoms with Gasteiger partial charge in [0.25, 0.3) is 10.0 Å². The van der Waals surface area contributed by atoms with Crippen LogP contribution in [0.2, 0.25) is 5.02 Å². The van der Waals surface area contributed by atoms with Crippen molar-refractivity contribution in [2.75, 3.05) is 10.8 Å². The van der Waals surface area contributed by atoms with Crippen LogP contribution >= 0.6 is 11.6 Å². The Hall–Kier alpha value is -3.36. The monoisotopic (exact) mass is 541 g/mol. The van der Waals surface area contributed by atoms with Gasteiger partial charge in [0.1, 0.15) is 12.6 Å². The topological polar surface area (TPSA) is 86.8 Å². The molecule has 3 rings (SSSR count). The fourth-order valence-electron chi connectivity index (χ4n) is 3.71. The number of sulfonamides is 1. The van der Waals surface area contributed by atoms with Gasteiger partial charge in [-0.2, -0.15) is 0 Å². The molecule has 2 amide bonds. The molecule has 0 radical (unpaired) electrons. The molecule has 7 nitrogen and oxygen atoms in total. The molecule has 3 aromatic rings. The molecule has 0 aliphatic heterocycles. The molecule has 37 heavy (non-hydrogen) atoms. The maximum absolute atomic E-state index is 13.8. The van der Waals surface area contributed by atoms with Crippen LogP contribution in [0, 0.1) is 0 Å². The van der Waals surface area contributed by atoms with Crippen molar-refractivity contribution >= 4 is 39.1 Å². The molecule has 0 bridgehead atoms. The molecule has 1 N–H and O–H groups in total. The summed E-state index contributed by atoms with van der Waals surface area (Å²) < 4.78 is 28.4. The molecule has 3 aromatic carbocycles. The van der Waals surface area contributed by atoms with E-state index in [-0.39, 0.29) is 17.3 Å². The summed E-state index contributed by atoms with van der Waals surface area (Å²) in [6.45, 7) is 6.70. The van der Waals surface area contributed by atoms with Gasteiger partial charge in [-0.25, -0.2) is 8.42 Å². The number of para-hydroxylation sites is 1. The van der Waals surface area contributed by atoms with Crippen LogP contribution in [-0.2, 0) is 26.2 Å². The molecular weight excluding hydrogens is 510 g/mol. The number of anilines is 1. The number of carbonyl (C=O) groups excluding carboxylic acids is 2. The van der Waals surface area contributed by atoms with Gasteiger partial charge in [0, 0.05) is 17.1 Å². The number of amides is 2. The molecule has 0 saturated heterocycles. The van der Waals surface area contributed by atoms with Crippen LogP contribution in [0.3, 0.4) is 0 Å². The van der Waals surface area contributed by atoms with Gasteiger partial charge in [0.05, 0.1) is 10.6 Å². The minimum absolute atomic E-state index is 0.0330. The summed E-state index contributed by atoms with van der Waals surface area (Å²) in [7, 11) is -4.08. The smallest absolute Gasteiger partial charge is 0.264 e. The molecule has 0 saturated carbocycles. The first kappa shape index (κ1) is 28.2. The van der Waals surface area contributed by atoms with Crippen LogP contribution in [-0.4, -0.2) is 43.3 Å². The van der Waals surface area contributed by atoms with Crippen molar-refractivity contribution in [3.05, 3.63) is 95.5 Å². The summed E-state index contributed by atoms with van der Waals surface area (Å²) in [5.74, 6) is -0.898. The Morgan fingerprint density at radius 3 is 2.00 bits per heavy atom. The molecule has 9 heteroatoms. The number of benzene rings is 3. The van der Waals surface area contributed by atoms with Crippen molar-refractivity contribution in [2.45, 2.75) is 50.7 Å². The number of hydrogen-bond acceptors (Lipinski definition) is 4. The van der Waals surface area contributed by atoms with Crippen LogP contribution in [0.1, 0.15) is 33.3 Å². The number of halogens is 1. The molecule has 0 heterocycles. The van der Waals surface area contributed by atoms with Gasteiger partial charge in [0.2, 0.25) is 11.8 Å². The number of nitrogens with zero attached hydrogens (tertiary/aromatic N) is 2. The van der Waals surface area contributed by atoms with E-state index in [1.165, 1.54) is 17.0 Å². The summed E-state index contributed by atoms with van der Waals surface area (Å²) in [6, 6.07) is 22.5. The summed E-state index contributed by atoms with van der Waals surface area (Å²) >= 11 is 6.37. The number of rotatable bonds is 9. The lowest BCUT2D eigenvalue weighted by Crippen LogP contribution is -2.54. The standard InChI is InChI=1S/C28H32ClN3O4S/c1-21(27(34)30-28(2,3)4)31(19-22-13-11-12-18-25(22)29)26(33)20-32(23-14-7-5-8-15-23)37(35,36)24-16-9-6-10-17-24/h5-18,21H,19-20H2,1-4H3,(H,30,34)/t21-/m1/s1. The predicted molar refractivity (Wildman–Crippen MR) is 147 cm³/mol. The highest BCUT2D eigenvalue weighted by Crippen LogP contribution is 2.25. The fourth-order valence-corrected chi connectivity index (χ4v) is 5.34. The van der Waals surface area contributed by atoms with Crippen LogP contribution in [0.5, 0.6) is 0 Å². The predicted octanol–water partition coefficient (Wildman–Crippen LogP) is 4.87. The Kier molecular flexibility index (Phi) is 8.99. The SMILES string of the molecule is C[C@H](C(=O)NC(C)(C)C)N(Cc1ccccc1Cl)C(=O)CN(c1ccccc1)S(=O)(=O)c1ccccc1. The Morgan fingerprint density at radius 1 is 0.892 bits per heavy atom. The zero-order chi connectivity index (χ0) is 27.2. The van der Waals surface area contributed by atoms with Gasteiger partial charge >= 0.3 is 0 Å². The second-order valence-corrected chi connectivity index (χ2v) is 12.0. The van der Waals surface area contributed by atoms with E-state index in [4.69, 9.17) is 11.6 Å². The van der Waals surface area contributed by atoms with Crippen molar-refractivity contribution in [2.24, 2.45) is 0 Å². The number of hydrogen-bond donors (Lipinski definition) is 1. The van der Waals surface area contributed by atoms with E-state index < -0.39 is 34.1 Å². The van der Waals surface area contributed by atoms with Crippen LogP contribution < -0.4 is 9.62 Å². The molecule has 0 unspecified atom stereocenters. The fraction of sp³-hybridized carbons (Fsp3) is 0.286. The summed E-state index contributed by atoms with van der Waals surface area (Å²) in [6.07, 6.45) is 0. The van der Waals surface area contributed by atoms with E-state index in [1.807, 2.05) is 20.8 Å². The van der Waals surface area contributed by atoms with Crippen molar-refractivity contribution < 1.29 is 18.0 Å². The van der Waals surface area contributed by atoms with E-state index in [0.29, 0.717) is 16.3 Å². The largest absolute Gasteiger partial charge is 0.350 e. The Morgan fingerprint density at radius 2 is 1.43 bits per heavy atom. The first-order valence-electron chi connectivity index (χ1n) is 11.9. The molecule has 0 fully saturated rings. The number of nitrogens with one attached hydrogen (secondary N) is 1. The van der Waals surface area contributed by atoms with Crippen molar-refractivity contribution in [3.63, 3.8) is 0 Å². The highest BCUT2D eigenvalue weighted by molar-refractivity contribution is 7.92.